The van der Waals surface area contributed by atoms with Crippen molar-refractivity contribution in [3.05, 3.63) is 44.8 Å². The van der Waals surface area contributed by atoms with Gasteiger partial charge in [0.25, 0.3) is 6.47 Å². The molecule has 2 aromatic rings. The summed E-state index contributed by atoms with van der Waals surface area (Å²) in [5.74, 6) is 0. The van der Waals surface area contributed by atoms with Crippen LogP contribution in [0.3, 0.4) is 0 Å². The summed E-state index contributed by atoms with van der Waals surface area (Å²) < 4.78 is 4.90. The molecule has 25 heavy (non-hydrogen) atoms. The van der Waals surface area contributed by atoms with Gasteiger partial charge >= 0.3 is 0 Å². The van der Waals surface area contributed by atoms with Crippen LogP contribution in [-0.2, 0) is 15.1 Å². The molecule has 1 saturated carbocycles. The Balaban J connectivity index is 0.000000146. The third-order valence-corrected chi connectivity index (χ3v) is 7.40. The summed E-state index contributed by atoms with van der Waals surface area (Å²) in [5.41, 5.74) is -0.290. The van der Waals surface area contributed by atoms with E-state index in [0.717, 1.165) is 35.7 Å². The van der Waals surface area contributed by atoms with Crippen molar-refractivity contribution >= 4 is 29.1 Å². The van der Waals surface area contributed by atoms with Gasteiger partial charge in [0, 0.05) is 9.75 Å². The van der Waals surface area contributed by atoms with Crippen LogP contribution in [0, 0.1) is 5.41 Å². The molecule has 1 aliphatic heterocycles. The van der Waals surface area contributed by atoms with Gasteiger partial charge in [0.15, 0.2) is 0 Å². The number of piperidine rings is 1. The first kappa shape index (κ1) is 18.6. The fraction of sp³-hybridized carbons (Fsp3) is 0.526. The second-order valence-corrected chi connectivity index (χ2v) is 8.93. The quantitative estimate of drug-likeness (QED) is 0.794. The third-order valence-electron chi connectivity index (χ3n) is 5.24. The van der Waals surface area contributed by atoms with E-state index < -0.39 is 5.60 Å². The highest BCUT2D eigenvalue weighted by Gasteiger charge is 2.45. The third kappa shape index (κ3) is 4.31. The van der Waals surface area contributed by atoms with E-state index in [1.165, 1.54) is 12.8 Å². The second kappa shape index (κ2) is 7.99. The fourth-order valence-electron chi connectivity index (χ4n) is 3.68. The molecule has 6 heteroatoms. The molecule has 2 N–H and O–H groups in total. The van der Waals surface area contributed by atoms with Gasteiger partial charge in [0.1, 0.15) is 11.7 Å². The minimum absolute atomic E-state index is 0.223. The van der Waals surface area contributed by atoms with Crippen molar-refractivity contribution in [1.82, 2.24) is 5.32 Å². The molecule has 0 bridgehead atoms. The molecular formula is C19H25NO3S2. The average Bonchev–Trinajstić information content (AvgIpc) is 3.29. The van der Waals surface area contributed by atoms with Crippen molar-refractivity contribution in [1.29, 1.82) is 0 Å². The van der Waals surface area contributed by atoms with Gasteiger partial charge in [-0.25, -0.2) is 0 Å². The molecular weight excluding hydrogens is 354 g/mol. The van der Waals surface area contributed by atoms with Crippen molar-refractivity contribution in [2.45, 2.75) is 44.3 Å². The van der Waals surface area contributed by atoms with Gasteiger partial charge in [-0.1, -0.05) is 12.1 Å². The Hall–Kier alpha value is -1.21. The number of aliphatic hydroxyl groups is 1. The average molecular weight is 380 g/mol. The van der Waals surface area contributed by atoms with E-state index in [2.05, 4.69) is 5.32 Å². The number of carbonyl (C=O) groups is 1. The number of thiophene rings is 2. The number of rotatable bonds is 4. The number of hydrogen-bond acceptors (Lipinski definition) is 6. The predicted molar refractivity (Wildman–Crippen MR) is 102 cm³/mol. The van der Waals surface area contributed by atoms with Crippen LogP contribution < -0.4 is 5.32 Å². The van der Waals surface area contributed by atoms with Crippen LogP contribution in [0.25, 0.3) is 0 Å². The molecule has 2 aliphatic rings. The Morgan fingerprint density at radius 1 is 1.20 bits per heavy atom. The SMILES string of the molecule is CC(O)(c1cccs1)c1cccs1.O=COC1CC2(CCNCC2)C1. The first-order valence-electron chi connectivity index (χ1n) is 8.66. The minimum atomic E-state index is -0.817. The lowest BCUT2D eigenvalue weighted by Gasteiger charge is -2.49. The summed E-state index contributed by atoms with van der Waals surface area (Å²) in [6, 6.07) is 7.85. The van der Waals surface area contributed by atoms with E-state index in [-0.39, 0.29) is 6.10 Å². The van der Waals surface area contributed by atoms with E-state index in [4.69, 9.17) is 4.74 Å². The monoisotopic (exact) mass is 379 g/mol. The molecule has 2 aromatic heterocycles. The van der Waals surface area contributed by atoms with Gasteiger partial charge in [-0.15, -0.1) is 22.7 Å². The normalized spacial score (nSPS) is 19.6. The van der Waals surface area contributed by atoms with Crippen molar-refractivity contribution in [2.24, 2.45) is 5.41 Å². The highest BCUT2D eigenvalue weighted by molar-refractivity contribution is 7.11. The number of carbonyl (C=O) groups excluding carboxylic acids is 1. The second-order valence-electron chi connectivity index (χ2n) is 7.04. The Morgan fingerprint density at radius 3 is 2.20 bits per heavy atom. The van der Waals surface area contributed by atoms with Crippen LogP contribution in [0.5, 0.6) is 0 Å². The van der Waals surface area contributed by atoms with Gasteiger partial charge in [0.2, 0.25) is 0 Å². The van der Waals surface area contributed by atoms with Gasteiger partial charge in [-0.3, -0.25) is 4.79 Å². The van der Waals surface area contributed by atoms with Crippen molar-refractivity contribution in [3.63, 3.8) is 0 Å². The molecule has 0 unspecified atom stereocenters. The van der Waals surface area contributed by atoms with E-state index >= 15 is 0 Å². The van der Waals surface area contributed by atoms with Crippen LogP contribution >= 0.6 is 22.7 Å². The number of ether oxygens (including phenoxy) is 1. The van der Waals surface area contributed by atoms with E-state index in [0.29, 0.717) is 11.9 Å². The summed E-state index contributed by atoms with van der Waals surface area (Å²) in [5, 5.41) is 17.6. The maximum absolute atomic E-state index is 10.3. The summed E-state index contributed by atoms with van der Waals surface area (Å²) in [6.07, 6.45) is 4.92. The van der Waals surface area contributed by atoms with E-state index in [1.807, 2.05) is 41.9 Å². The maximum Gasteiger partial charge on any atom is 0.293 e. The molecule has 0 radical (unpaired) electrons. The molecule has 0 amide bonds. The van der Waals surface area contributed by atoms with E-state index in [1.54, 1.807) is 22.7 Å². The van der Waals surface area contributed by atoms with Crippen molar-refractivity contribution < 1.29 is 14.6 Å². The first-order chi connectivity index (χ1) is 12.1. The van der Waals surface area contributed by atoms with Crippen molar-refractivity contribution in [3.8, 4) is 0 Å². The van der Waals surface area contributed by atoms with Crippen LogP contribution in [0.4, 0.5) is 0 Å². The zero-order valence-electron chi connectivity index (χ0n) is 14.4. The zero-order chi connectivity index (χ0) is 17.8. The minimum Gasteiger partial charge on any atom is -0.465 e. The highest BCUT2D eigenvalue weighted by atomic mass is 32.1. The van der Waals surface area contributed by atoms with Crippen LogP contribution in [-0.4, -0.2) is 30.8 Å². The molecule has 1 spiro atoms. The lowest BCUT2D eigenvalue weighted by atomic mass is 9.62. The Labute approximate surface area is 156 Å². The smallest absolute Gasteiger partial charge is 0.293 e. The van der Waals surface area contributed by atoms with Gasteiger partial charge in [0.05, 0.1) is 0 Å². The summed E-state index contributed by atoms with van der Waals surface area (Å²) in [7, 11) is 0. The zero-order valence-corrected chi connectivity index (χ0v) is 16.1. The highest BCUT2D eigenvalue weighted by Crippen LogP contribution is 2.48. The lowest BCUT2D eigenvalue weighted by Crippen LogP contribution is -2.48. The molecule has 3 heterocycles. The lowest BCUT2D eigenvalue weighted by molar-refractivity contribution is -0.147. The van der Waals surface area contributed by atoms with Gasteiger partial charge in [-0.2, -0.15) is 0 Å². The molecule has 136 valence electrons. The van der Waals surface area contributed by atoms with Crippen LogP contribution in [0.2, 0.25) is 0 Å². The summed E-state index contributed by atoms with van der Waals surface area (Å²) in [4.78, 5) is 12.0. The molecule has 4 rings (SSSR count). The summed E-state index contributed by atoms with van der Waals surface area (Å²) in [6.45, 7) is 4.69. The molecule has 2 fully saturated rings. The van der Waals surface area contributed by atoms with Gasteiger partial charge in [-0.05, 0) is 74.0 Å². The molecule has 4 nitrogen and oxygen atoms in total. The Bertz CT molecular complexity index is 602. The molecule has 1 saturated heterocycles. The standard InChI is InChI=1S/C10H10OS2.C9H15NO2/c1-10(11,8-4-2-6-12-8)9-5-3-7-13-9;11-7-12-8-5-9(6-8)1-3-10-4-2-9/h2-7,11H,1H3;7-8,10H,1-6H2. The largest absolute Gasteiger partial charge is 0.465 e. The molecule has 0 aromatic carbocycles. The first-order valence-corrected chi connectivity index (χ1v) is 10.4. The number of hydrogen-bond donors (Lipinski definition) is 2. The Kier molecular flexibility index (Phi) is 5.94. The summed E-state index contributed by atoms with van der Waals surface area (Å²) >= 11 is 3.17. The maximum atomic E-state index is 10.3. The molecule has 1 aliphatic carbocycles. The number of nitrogens with one attached hydrogen (secondary N) is 1. The van der Waals surface area contributed by atoms with Crippen molar-refractivity contribution in [2.75, 3.05) is 13.1 Å². The Morgan fingerprint density at radius 2 is 1.76 bits per heavy atom. The van der Waals surface area contributed by atoms with Crippen LogP contribution in [0.1, 0.15) is 42.4 Å². The molecule has 0 atom stereocenters. The predicted octanol–water partition coefficient (Wildman–Crippen LogP) is 3.76. The fourth-order valence-corrected chi connectivity index (χ4v) is 5.34. The van der Waals surface area contributed by atoms with Crippen LogP contribution in [0.15, 0.2) is 35.0 Å². The topological polar surface area (TPSA) is 58.6 Å². The van der Waals surface area contributed by atoms with E-state index in [9.17, 15) is 9.90 Å². The van der Waals surface area contributed by atoms with Gasteiger partial charge < -0.3 is 15.2 Å².